The van der Waals surface area contributed by atoms with E-state index in [4.69, 9.17) is 5.11 Å². The fourth-order valence-electron chi connectivity index (χ4n) is 3.83. The van der Waals surface area contributed by atoms with E-state index in [1.807, 2.05) is 51.1 Å². The molecule has 2 rings (SSSR count). The maximum atomic E-state index is 14.9. The first-order valence-electron chi connectivity index (χ1n) is 10.6. The predicted octanol–water partition coefficient (Wildman–Crippen LogP) is 5.46. The lowest BCUT2D eigenvalue weighted by Gasteiger charge is -2.27. The fraction of sp³-hybridized carbons (Fsp3) is 0.520. The number of carbonyl (C=O) groups excluding carboxylic acids is 1. The van der Waals surface area contributed by atoms with Crippen LogP contribution in [0.2, 0.25) is 0 Å². The van der Waals surface area contributed by atoms with Gasteiger partial charge in [0, 0.05) is 18.4 Å². The Balaban J connectivity index is 2.08. The molecule has 3 unspecified atom stereocenters. The summed E-state index contributed by atoms with van der Waals surface area (Å²) in [5.74, 6) is 0.0908. The Bertz CT molecular complexity index is 740. The zero-order valence-corrected chi connectivity index (χ0v) is 17.9. The van der Waals surface area contributed by atoms with Crippen molar-refractivity contribution < 1.29 is 14.3 Å². The van der Waals surface area contributed by atoms with Gasteiger partial charge in [0.05, 0.1) is 5.71 Å². The normalized spacial score (nSPS) is 23.9. The van der Waals surface area contributed by atoms with Crippen LogP contribution in [0.3, 0.4) is 0 Å². The molecule has 0 radical (unpaired) electrons. The van der Waals surface area contributed by atoms with Gasteiger partial charge in [-0.25, -0.2) is 4.39 Å². The number of ketones is 1. The third-order valence-corrected chi connectivity index (χ3v) is 5.83. The topological polar surface area (TPSA) is 49.7 Å². The maximum absolute atomic E-state index is 14.9. The lowest BCUT2D eigenvalue weighted by Crippen LogP contribution is -2.29. The van der Waals surface area contributed by atoms with Gasteiger partial charge in [-0.2, -0.15) is 0 Å². The fourth-order valence-corrected chi connectivity index (χ4v) is 3.83. The summed E-state index contributed by atoms with van der Waals surface area (Å²) in [6.07, 6.45) is 4.96. The minimum atomic E-state index is -1.19. The minimum Gasteiger partial charge on any atom is -0.396 e. The molecule has 1 aliphatic rings. The van der Waals surface area contributed by atoms with Crippen molar-refractivity contribution in [2.75, 3.05) is 6.61 Å². The third kappa shape index (κ3) is 6.46. The first kappa shape index (κ1) is 23.2. The number of hydrogen-bond donors (Lipinski definition) is 1. The number of aliphatic imine (C=N–C) groups is 1. The molecule has 0 aliphatic heterocycles. The van der Waals surface area contributed by atoms with Crippen LogP contribution in [0.5, 0.6) is 0 Å². The molecule has 0 amide bonds. The second kappa shape index (κ2) is 11.2. The van der Waals surface area contributed by atoms with Crippen molar-refractivity contribution in [2.45, 2.75) is 64.6 Å². The molecule has 0 bridgehead atoms. The highest BCUT2D eigenvalue weighted by Crippen LogP contribution is 2.34. The van der Waals surface area contributed by atoms with Crippen molar-refractivity contribution in [1.29, 1.82) is 0 Å². The lowest BCUT2D eigenvalue weighted by atomic mass is 9.81. The van der Waals surface area contributed by atoms with Crippen LogP contribution in [0, 0.1) is 11.8 Å². The van der Waals surface area contributed by atoms with E-state index in [-0.39, 0.29) is 30.1 Å². The molecule has 0 saturated carbocycles. The van der Waals surface area contributed by atoms with Gasteiger partial charge in [0.1, 0.15) is 12.2 Å². The standard InChI is InChI=1S/C25H34FNO2/c1-5-23(25(29)18(3)11-9-10-17(2)16-28)27-24-14-19(4)21(15-22(24)26)20-12-7-6-8-13-20/h5-8,12-14,17-18,21-23,28H,1,9-11,15-16H2,2-4H3/t17-,18?,21-,22?,23?/m1/s1. The molecule has 0 saturated heterocycles. The molecule has 0 aromatic heterocycles. The average molecular weight is 400 g/mol. The van der Waals surface area contributed by atoms with Gasteiger partial charge in [-0.3, -0.25) is 9.79 Å². The lowest BCUT2D eigenvalue weighted by molar-refractivity contribution is -0.122. The van der Waals surface area contributed by atoms with Gasteiger partial charge in [0.25, 0.3) is 0 Å². The second-order valence-corrected chi connectivity index (χ2v) is 8.31. The largest absolute Gasteiger partial charge is 0.396 e. The molecule has 1 aromatic carbocycles. The highest BCUT2D eigenvalue weighted by molar-refractivity contribution is 6.02. The molecular formula is C25H34FNO2. The summed E-state index contributed by atoms with van der Waals surface area (Å²) < 4.78 is 14.9. The van der Waals surface area contributed by atoms with Crippen molar-refractivity contribution in [1.82, 2.24) is 0 Å². The molecule has 0 spiro atoms. The molecule has 0 fully saturated rings. The Kier molecular flexibility index (Phi) is 8.97. The van der Waals surface area contributed by atoms with Crippen LogP contribution in [0.15, 0.2) is 59.6 Å². The Hall–Kier alpha value is -2.07. The molecule has 4 heteroatoms. The number of benzene rings is 1. The van der Waals surface area contributed by atoms with Gasteiger partial charge in [-0.1, -0.05) is 62.2 Å². The van der Waals surface area contributed by atoms with E-state index in [0.717, 1.165) is 30.4 Å². The van der Waals surface area contributed by atoms with Gasteiger partial charge in [0.15, 0.2) is 5.78 Å². The van der Waals surface area contributed by atoms with E-state index in [0.29, 0.717) is 12.1 Å². The van der Waals surface area contributed by atoms with Crippen LogP contribution in [-0.4, -0.2) is 35.4 Å². The summed E-state index contributed by atoms with van der Waals surface area (Å²) in [6.45, 7) is 9.80. The number of halogens is 1. The van der Waals surface area contributed by atoms with Crippen LogP contribution in [0.1, 0.15) is 57.9 Å². The number of rotatable bonds is 10. The van der Waals surface area contributed by atoms with Gasteiger partial charge in [0.2, 0.25) is 0 Å². The first-order chi connectivity index (χ1) is 13.9. The summed E-state index contributed by atoms with van der Waals surface area (Å²) >= 11 is 0. The number of aliphatic hydroxyl groups excluding tert-OH is 1. The highest BCUT2D eigenvalue weighted by Gasteiger charge is 2.29. The Morgan fingerprint density at radius 2 is 2.00 bits per heavy atom. The molecule has 1 N–H and O–H groups in total. The molecule has 1 aliphatic carbocycles. The van der Waals surface area contributed by atoms with Crippen LogP contribution >= 0.6 is 0 Å². The predicted molar refractivity (Wildman–Crippen MR) is 118 cm³/mol. The van der Waals surface area contributed by atoms with E-state index in [9.17, 15) is 9.18 Å². The minimum absolute atomic E-state index is 0.0208. The van der Waals surface area contributed by atoms with Crippen molar-refractivity contribution >= 4 is 11.5 Å². The van der Waals surface area contributed by atoms with Gasteiger partial charge < -0.3 is 5.11 Å². The summed E-state index contributed by atoms with van der Waals surface area (Å²) in [5.41, 5.74) is 2.50. The Labute approximate surface area is 174 Å². The highest BCUT2D eigenvalue weighted by atomic mass is 19.1. The van der Waals surface area contributed by atoms with E-state index in [1.54, 1.807) is 6.08 Å². The van der Waals surface area contributed by atoms with Crippen LogP contribution in [0.25, 0.3) is 0 Å². The van der Waals surface area contributed by atoms with E-state index in [2.05, 4.69) is 11.6 Å². The SMILES string of the molecule is C=CC(N=C1C=C(C)[C@H](c2ccccc2)CC1F)C(=O)C(C)CCC[C@@H](C)CO. The summed E-state index contributed by atoms with van der Waals surface area (Å²) in [5, 5.41) is 9.12. The number of aliphatic hydroxyl groups is 1. The number of alkyl halides is 1. The number of nitrogens with zero attached hydrogens (tertiary/aromatic N) is 1. The van der Waals surface area contributed by atoms with Crippen LogP contribution in [-0.2, 0) is 4.79 Å². The van der Waals surface area contributed by atoms with Crippen molar-refractivity contribution in [2.24, 2.45) is 16.8 Å². The number of carbonyl (C=O) groups is 1. The zero-order valence-electron chi connectivity index (χ0n) is 17.9. The second-order valence-electron chi connectivity index (χ2n) is 8.31. The number of hydrogen-bond acceptors (Lipinski definition) is 3. The molecular weight excluding hydrogens is 365 g/mol. The third-order valence-electron chi connectivity index (χ3n) is 5.83. The molecule has 29 heavy (non-hydrogen) atoms. The van der Waals surface area contributed by atoms with Crippen molar-refractivity contribution in [3.8, 4) is 0 Å². The first-order valence-corrected chi connectivity index (χ1v) is 10.6. The number of allylic oxidation sites excluding steroid dienone is 2. The van der Waals surface area contributed by atoms with Crippen LogP contribution < -0.4 is 0 Å². The Morgan fingerprint density at radius 3 is 2.62 bits per heavy atom. The van der Waals surface area contributed by atoms with Crippen molar-refractivity contribution in [3.63, 3.8) is 0 Å². The van der Waals surface area contributed by atoms with Crippen molar-refractivity contribution in [3.05, 3.63) is 60.2 Å². The maximum Gasteiger partial charge on any atom is 0.163 e. The average Bonchev–Trinajstić information content (AvgIpc) is 2.73. The quantitative estimate of drug-likeness (QED) is 0.531. The molecule has 3 nitrogen and oxygen atoms in total. The van der Waals surface area contributed by atoms with E-state index >= 15 is 0 Å². The number of Topliss-reactive ketones (excluding diaryl/α,β-unsaturated/α-hetero) is 1. The van der Waals surface area contributed by atoms with Gasteiger partial charge >= 0.3 is 0 Å². The summed E-state index contributed by atoms with van der Waals surface area (Å²) in [4.78, 5) is 17.2. The Morgan fingerprint density at radius 1 is 1.31 bits per heavy atom. The monoisotopic (exact) mass is 399 g/mol. The molecule has 5 atom stereocenters. The van der Waals surface area contributed by atoms with Gasteiger partial charge in [-0.05, 0) is 43.7 Å². The molecule has 158 valence electrons. The van der Waals surface area contributed by atoms with E-state index < -0.39 is 12.2 Å². The molecule has 1 aromatic rings. The van der Waals surface area contributed by atoms with E-state index in [1.165, 1.54) is 6.08 Å². The zero-order chi connectivity index (χ0) is 21.4. The smallest absolute Gasteiger partial charge is 0.163 e. The summed E-state index contributed by atoms with van der Waals surface area (Å²) in [6, 6.07) is 9.21. The summed E-state index contributed by atoms with van der Waals surface area (Å²) in [7, 11) is 0. The molecule has 0 heterocycles. The van der Waals surface area contributed by atoms with Crippen LogP contribution in [0.4, 0.5) is 4.39 Å². The van der Waals surface area contributed by atoms with Gasteiger partial charge in [-0.15, -0.1) is 6.58 Å².